The highest BCUT2D eigenvalue weighted by molar-refractivity contribution is 8.13. The second-order valence-electron chi connectivity index (χ2n) is 3.18. The number of H-pyrrole nitrogens is 1. The number of aromatic amines is 1. The second kappa shape index (κ2) is 6.17. The molecule has 0 bridgehead atoms. The molecule has 0 atom stereocenters. The molecule has 0 aromatic carbocycles. The molecule has 2 N–H and O–H groups in total. The van der Waals surface area contributed by atoms with Crippen LogP contribution in [0.2, 0.25) is 0 Å². The standard InChI is InChI=1S/C11H13NO3S/c1-8(13)16-5-3-2-4-9-6-10(14)11(15)12-7-9/h2,4,6-7,14H,3,5H2,1H3,(H,12,15). The fourth-order valence-electron chi connectivity index (χ4n) is 1.07. The summed E-state index contributed by atoms with van der Waals surface area (Å²) in [6.07, 6.45) is 5.97. The van der Waals surface area contributed by atoms with Gasteiger partial charge in [-0.05, 0) is 18.1 Å². The lowest BCUT2D eigenvalue weighted by Gasteiger charge is -1.95. The van der Waals surface area contributed by atoms with Crippen molar-refractivity contribution in [2.45, 2.75) is 13.3 Å². The molecule has 0 aliphatic rings. The maximum absolute atomic E-state index is 10.9. The molecule has 5 heteroatoms. The molecular weight excluding hydrogens is 226 g/mol. The van der Waals surface area contributed by atoms with Gasteiger partial charge in [0.15, 0.2) is 10.9 Å². The maximum Gasteiger partial charge on any atom is 0.290 e. The van der Waals surface area contributed by atoms with Gasteiger partial charge in [-0.2, -0.15) is 0 Å². The molecule has 1 aromatic heterocycles. The maximum atomic E-state index is 10.9. The van der Waals surface area contributed by atoms with Crippen LogP contribution in [0.4, 0.5) is 0 Å². The lowest BCUT2D eigenvalue weighted by molar-refractivity contribution is -0.109. The SMILES string of the molecule is CC(=O)SCCC=Cc1c[nH]c(=O)c(O)c1. The van der Waals surface area contributed by atoms with Gasteiger partial charge in [-0.15, -0.1) is 0 Å². The van der Waals surface area contributed by atoms with Gasteiger partial charge in [0.05, 0.1) is 0 Å². The third kappa shape index (κ3) is 4.35. The summed E-state index contributed by atoms with van der Waals surface area (Å²) in [5, 5.41) is 9.26. The molecule has 0 amide bonds. The van der Waals surface area contributed by atoms with Crippen molar-refractivity contribution >= 4 is 23.0 Å². The first-order valence-corrected chi connectivity index (χ1v) is 5.80. The highest BCUT2D eigenvalue weighted by Crippen LogP contribution is 2.08. The minimum absolute atomic E-state index is 0.107. The van der Waals surface area contributed by atoms with E-state index in [2.05, 4.69) is 4.98 Å². The van der Waals surface area contributed by atoms with E-state index in [4.69, 9.17) is 5.11 Å². The highest BCUT2D eigenvalue weighted by atomic mass is 32.2. The number of thioether (sulfide) groups is 1. The van der Waals surface area contributed by atoms with Gasteiger partial charge >= 0.3 is 0 Å². The van der Waals surface area contributed by atoms with Crippen LogP contribution in [0.3, 0.4) is 0 Å². The van der Waals surface area contributed by atoms with Crippen LogP contribution in [0, 0.1) is 0 Å². The Balaban J connectivity index is 2.47. The largest absolute Gasteiger partial charge is 0.503 e. The monoisotopic (exact) mass is 239 g/mol. The second-order valence-corrected chi connectivity index (χ2v) is 4.45. The van der Waals surface area contributed by atoms with E-state index in [-0.39, 0.29) is 10.9 Å². The van der Waals surface area contributed by atoms with Crippen molar-refractivity contribution in [1.82, 2.24) is 4.98 Å². The van der Waals surface area contributed by atoms with Gasteiger partial charge in [-0.3, -0.25) is 9.59 Å². The predicted molar refractivity (Wildman–Crippen MR) is 65.5 cm³/mol. The smallest absolute Gasteiger partial charge is 0.290 e. The summed E-state index contributed by atoms with van der Waals surface area (Å²) < 4.78 is 0. The molecule has 16 heavy (non-hydrogen) atoms. The number of aromatic nitrogens is 1. The molecule has 0 aliphatic heterocycles. The fourth-order valence-corrected chi connectivity index (χ4v) is 1.62. The first-order valence-electron chi connectivity index (χ1n) is 4.81. The van der Waals surface area contributed by atoms with E-state index in [1.54, 1.807) is 6.08 Å². The quantitative estimate of drug-likeness (QED) is 0.785. The average Bonchev–Trinajstić information content (AvgIpc) is 2.22. The van der Waals surface area contributed by atoms with Crippen molar-refractivity contribution in [2.75, 3.05) is 5.75 Å². The van der Waals surface area contributed by atoms with Crippen molar-refractivity contribution in [1.29, 1.82) is 0 Å². The van der Waals surface area contributed by atoms with E-state index in [0.29, 0.717) is 0 Å². The van der Waals surface area contributed by atoms with Gasteiger partial charge in [0, 0.05) is 18.9 Å². The number of carbonyl (C=O) groups excluding carboxylic acids is 1. The Kier molecular flexibility index (Phi) is 4.85. The molecule has 1 heterocycles. The van der Waals surface area contributed by atoms with Crippen molar-refractivity contribution < 1.29 is 9.90 Å². The van der Waals surface area contributed by atoms with Crippen LogP contribution in [-0.4, -0.2) is 21.0 Å². The molecule has 0 unspecified atom stereocenters. The predicted octanol–water partition coefficient (Wildman–Crippen LogP) is 1.76. The number of nitrogens with one attached hydrogen (secondary N) is 1. The Morgan fingerprint density at radius 3 is 3.00 bits per heavy atom. The number of hydrogen-bond donors (Lipinski definition) is 2. The van der Waals surface area contributed by atoms with Crippen LogP contribution in [-0.2, 0) is 4.79 Å². The molecule has 1 rings (SSSR count). The summed E-state index contributed by atoms with van der Waals surface area (Å²) in [6.45, 7) is 1.54. The van der Waals surface area contributed by atoms with E-state index in [0.717, 1.165) is 17.7 Å². The zero-order valence-corrected chi connectivity index (χ0v) is 9.71. The zero-order valence-electron chi connectivity index (χ0n) is 8.90. The number of aromatic hydroxyl groups is 1. The van der Waals surface area contributed by atoms with Gasteiger partial charge in [0.2, 0.25) is 0 Å². The third-order valence-corrected chi connectivity index (χ3v) is 2.65. The summed E-state index contributed by atoms with van der Waals surface area (Å²) in [4.78, 5) is 23.9. The van der Waals surface area contributed by atoms with Crippen LogP contribution in [0.1, 0.15) is 18.9 Å². The molecular formula is C11H13NO3S. The minimum atomic E-state index is -0.496. The Hall–Kier alpha value is -1.49. The minimum Gasteiger partial charge on any atom is -0.503 e. The number of pyridine rings is 1. The van der Waals surface area contributed by atoms with Gasteiger partial charge in [0.25, 0.3) is 5.56 Å². The first kappa shape index (κ1) is 12.6. The zero-order chi connectivity index (χ0) is 12.0. The Morgan fingerprint density at radius 1 is 1.62 bits per heavy atom. The summed E-state index contributed by atoms with van der Waals surface area (Å²) in [7, 11) is 0. The van der Waals surface area contributed by atoms with Crippen LogP contribution >= 0.6 is 11.8 Å². The Bertz CT molecular complexity index is 451. The first-order chi connectivity index (χ1) is 7.59. The van der Waals surface area contributed by atoms with E-state index in [1.807, 2.05) is 6.08 Å². The summed E-state index contributed by atoms with van der Waals surface area (Å²) >= 11 is 1.27. The molecule has 0 saturated heterocycles. The number of allylic oxidation sites excluding steroid dienone is 1. The van der Waals surface area contributed by atoms with Gasteiger partial charge in [-0.25, -0.2) is 0 Å². The van der Waals surface area contributed by atoms with Crippen LogP contribution in [0.25, 0.3) is 6.08 Å². The molecule has 0 fully saturated rings. The summed E-state index contributed by atoms with van der Waals surface area (Å²) in [5.41, 5.74) is 0.231. The number of hydrogen-bond acceptors (Lipinski definition) is 4. The molecule has 1 aromatic rings. The van der Waals surface area contributed by atoms with Gasteiger partial charge < -0.3 is 10.1 Å². The van der Waals surface area contributed by atoms with E-state index < -0.39 is 5.56 Å². The van der Waals surface area contributed by atoms with Crippen molar-refractivity contribution in [3.63, 3.8) is 0 Å². The topological polar surface area (TPSA) is 70.2 Å². The third-order valence-electron chi connectivity index (χ3n) is 1.81. The lowest BCUT2D eigenvalue weighted by atomic mass is 10.2. The molecule has 0 radical (unpaired) electrons. The van der Waals surface area contributed by atoms with Crippen molar-refractivity contribution in [2.24, 2.45) is 0 Å². The average molecular weight is 239 g/mol. The van der Waals surface area contributed by atoms with Crippen molar-refractivity contribution in [3.05, 3.63) is 34.3 Å². The van der Waals surface area contributed by atoms with Crippen LogP contribution in [0.5, 0.6) is 5.75 Å². The van der Waals surface area contributed by atoms with E-state index in [9.17, 15) is 9.59 Å². The van der Waals surface area contributed by atoms with E-state index in [1.165, 1.54) is 30.9 Å². The van der Waals surface area contributed by atoms with Gasteiger partial charge in [-0.1, -0.05) is 23.9 Å². The highest BCUT2D eigenvalue weighted by Gasteiger charge is 1.96. The number of rotatable bonds is 4. The normalized spacial score (nSPS) is 10.8. The molecule has 86 valence electrons. The lowest BCUT2D eigenvalue weighted by Crippen LogP contribution is -2.03. The van der Waals surface area contributed by atoms with Gasteiger partial charge in [0.1, 0.15) is 0 Å². The fraction of sp³-hybridized carbons (Fsp3) is 0.273. The molecule has 0 saturated carbocycles. The van der Waals surface area contributed by atoms with Crippen molar-refractivity contribution in [3.8, 4) is 5.75 Å². The molecule has 0 spiro atoms. The van der Waals surface area contributed by atoms with Crippen LogP contribution in [0.15, 0.2) is 23.1 Å². The molecule has 4 nitrogen and oxygen atoms in total. The molecule has 0 aliphatic carbocycles. The Labute approximate surface area is 97.4 Å². The van der Waals surface area contributed by atoms with E-state index >= 15 is 0 Å². The summed E-state index contributed by atoms with van der Waals surface area (Å²) in [5.74, 6) is 0.446. The summed E-state index contributed by atoms with van der Waals surface area (Å²) in [6, 6.07) is 1.40. The van der Waals surface area contributed by atoms with Crippen LogP contribution < -0.4 is 5.56 Å². The Morgan fingerprint density at radius 2 is 2.38 bits per heavy atom. The number of carbonyl (C=O) groups is 1.